The lowest BCUT2D eigenvalue weighted by molar-refractivity contribution is 0.172. The molecule has 0 bridgehead atoms. The van der Waals surface area contributed by atoms with Crippen LogP contribution in [-0.2, 0) is 10.8 Å². The van der Waals surface area contributed by atoms with Crippen LogP contribution in [0.2, 0.25) is 0 Å². The molecule has 0 radical (unpaired) electrons. The van der Waals surface area contributed by atoms with Crippen molar-refractivity contribution in [2.45, 2.75) is 52.4 Å². The van der Waals surface area contributed by atoms with Gasteiger partial charge in [-0.2, -0.15) is 0 Å². The number of para-hydroxylation sites is 3. The van der Waals surface area contributed by atoms with Crippen LogP contribution in [0, 0.1) is 6.92 Å². The Morgan fingerprint density at radius 3 is 1.91 bits per heavy atom. The summed E-state index contributed by atoms with van der Waals surface area (Å²) in [5.74, 6) is 2.30. The van der Waals surface area contributed by atoms with Crippen molar-refractivity contribution in [2.75, 3.05) is 27.9 Å². The Morgan fingerprint density at radius 2 is 1.14 bits per heavy atom. The first-order chi connectivity index (χ1) is 41.4. The normalized spacial score (nSPS) is 14.1. The minimum atomic E-state index is -0.188. The number of aryl methyl sites for hydroxylation is 1. The van der Waals surface area contributed by atoms with Gasteiger partial charge in [0, 0.05) is 67.4 Å². The number of hydrogen-bond donors (Lipinski definition) is 0. The molecule has 0 amide bonds. The van der Waals surface area contributed by atoms with Crippen molar-refractivity contribution >= 4 is 85.3 Å². The number of nitrogens with zero attached hydrogens (tertiary/aromatic N) is 3. The molecule has 3 aliphatic heterocycles. The minimum Gasteiger partial charge on any atom is -0.486 e. The van der Waals surface area contributed by atoms with Gasteiger partial charge in [0.05, 0.1) is 0 Å². The molecule has 0 N–H and O–H groups in total. The molecule has 4 heterocycles. The second-order valence-corrected chi connectivity index (χ2v) is 24.8. The summed E-state index contributed by atoms with van der Waals surface area (Å²) in [6.07, 6.45) is 0. The van der Waals surface area contributed by atoms with Crippen LogP contribution in [0.15, 0.2) is 247 Å². The third kappa shape index (κ3) is 8.15. The number of anilines is 9. The zero-order valence-electron chi connectivity index (χ0n) is 48.7. The minimum absolute atomic E-state index is 0.142. The Morgan fingerprint density at radius 1 is 0.471 bits per heavy atom. The first-order valence-corrected chi connectivity index (χ1v) is 29.7. The second-order valence-electron chi connectivity index (χ2n) is 24.8. The summed E-state index contributed by atoms with van der Waals surface area (Å²) in [5, 5.41) is 1.06. The molecule has 0 unspecified atom stereocenters. The van der Waals surface area contributed by atoms with Gasteiger partial charge in [0.2, 0.25) is 0 Å². The molecule has 0 spiro atoms. The molecule has 0 saturated carbocycles. The smallest absolute Gasteiger partial charge is 0.252 e. The number of fused-ring (bicyclic) bond motifs is 9. The van der Waals surface area contributed by atoms with Gasteiger partial charge in [-0.1, -0.05) is 174 Å². The first kappa shape index (κ1) is 50.7. The molecule has 11 aromatic carbocycles. The van der Waals surface area contributed by atoms with Crippen molar-refractivity contribution in [3.05, 3.63) is 265 Å². The zero-order chi connectivity index (χ0) is 57.3. The van der Waals surface area contributed by atoms with E-state index in [-0.39, 0.29) is 17.5 Å². The standard InChI is InChI=1S/C78H62BN3O3/c1-49-40-69-74-70(41-49)82(75-60(50-20-10-7-11-21-50)34-37-72-76(75)84-39-38-83-72)67-36-31-55(77(2,3)4)47-66(67)79(74)65-35-32-58(80(56-23-12-8-13-24-56)57-25-14-9-15-26-57)48-68(65)81(69)59-43-53(42-54(44-59)73-46-52-22-16-19-29-71(52)85-73)51-30-33-62-61-27-17-18-28-63(61)78(5,6)64(62)45-51/h7-37,40-48H,38-39H2,1-6H3. The Labute approximate surface area is 497 Å². The average molecular weight is 1100 g/mol. The van der Waals surface area contributed by atoms with Crippen molar-refractivity contribution in [2.24, 2.45) is 0 Å². The Bertz CT molecular complexity index is 4590. The molecule has 12 aromatic rings. The first-order valence-electron chi connectivity index (χ1n) is 29.7. The van der Waals surface area contributed by atoms with Gasteiger partial charge >= 0.3 is 0 Å². The topological polar surface area (TPSA) is 41.3 Å². The molecular formula is C78H62BN3O3. The molecule has 85 heavy (non-hydrogen) atoms. The highest BCUT2D eigenvalue weighted by Crippen LogP contribution is 2.55. The highest BCUT2D eigenvalue weighted by molar-refractivity contribution is 7.00. The summed E-state index contributed by atoms with van der Waals surface area (Å²) in [6, 6.07) is 89.4. The quantitative estimate of drug-likeness (QED) is 0.141. The van der Waals surface area contributed by atoms with Crippen LogP contribution in [0.5, 0.6) is 11.5 Å². The average Bonchev–Trinajstić information content (AvgIpc) is 1.60. The van der Waals surface area contributed by atoms with Gasteiger partial charge in [-0.05, 0) is 182 Å². The number of hydrogen-bond acceptors (Lipinski definition) is 6. The van der Waals surface area contributed by atoms with Crippen LogP contribution >= 0.6 is 0 Å². The molecule has 16 rings (SSSR count). The Kier molecular flexibility index (Phi) is 11.5. The van der Waals surface area contributed by atoms with Gasteiger partial charge < -0.3 is 28.6 Å². The van der Waals surface area contributed by atoms with Gasteiger partial charge in [0.15, 0.2) is 11.5 Å². The number of ether oxygens (including phenoxy) is 2. The van der Waals surface area contributed by atoms with Gasteiger partial charge in [-0.15, -0.1) is 0 Å². The maximum absolute atomic E-state index is 6.89. The van der Waals surface area contributed by atoms with E-state index in [0.29, 0.717) is 13.2 Å². The van der Waals surface area contributed by atoms with Crippen LogP contribution < -0.4 is 40.6 Å². The summed E-state index contributed by atoms with van der Waals surface area (Å²) in [5.41, 5.74) is 26.8. The van der Waals surface area contributed by atoms with Crippen molar-refractivity contribution in [1.82, 2.24) is 0 Å². The molecular weight excluding hydrogens is 1040 g/mol. The Balaban J connectivity index is 1.01. The second kappa shape index (κ2) is 19.3. The molecule has 7 heteroatoms. The van der Waals surface area contributed by atoms with Crippen molar-refractivity contribution in [3.63, 3.8) is 0 Å². The lowest BCUT2D eigenvalue weighted by Crippen LogP contribution is -2.61. The van der Waals surface area contributed by atoms with Crippen LogP contribution in [-0.4, -0.2) is 19.9 Å². The van der Waals surface area contributed by atoms with E-state index in [1.165, 1.54) is 44.2 Å². The molecule has 1 aromatic heterocycles. The van der Waals surface area contributed by atoms with Gasteiger partial charge in [-0.25, -0.2) is 0 Å². The van der Waals surface area contributed by atoms with E-state index in [1.54, 1.807) is 0 Å². The summed E-state index contributed by atoms with van der Waals surface area (Å²) in [4.78, 5) is 7.45. The van der Waals surface area contributed by atoms with Crippen LogP contribution in [0.25, 0.3) is 55.7 Å². The van der Waals surface area contributed by atoms with Crippen LogP contribution in [0.1, 0.15) is 56.9 Å². The lowest BCUT2D eigenvalue weighted by atomic mass is 9.33. The van der Waals surface area contributed by atoms with E-state index in [2.05, 4.69) is 299 Å². The van der Waals surface area contributed by atoms with E-state index in [1.807, 2.05) is 0 Å². The van der Waals surface area contributed by atoms with E-state index >= 15 is 0 Å². The van der Waals surface area contributed by atoms with Gasteiger partial charge in [0.25, 0.3) is 6.71 Å². The van der Waals surface area contributed by atoms with Crippen molar-refractivity contribution in [3.8, 4) is 56.2 Å². The SMILES string of the molecule is Cc1cc2c3c(c1)N(c1c(-c4ccccc4)ccc4c1OCCO4)c1ccc(C(C)(C)C)cc1B3c1ccc(N(c3ccccc3)c3ccccc3)cc1N2c1cc(-c2ccc3c(c2)C(C)(C)c2ccccc2-3)cc(-c2cc3ccccc3o2)c1. The maximum atomic E-state index is 6.89. The fourth-order valence-electron chi connectivity index (χ4n) is 14.1. The molecule has 0 atom stereocenters. The summed E-state index contributed by atoms with van der Waals surface area (Å²) < 4.78 is 20.2. The molecule has 0 fully saturated rings. The Hall–Kier alpha value is -9.98. The maximum Gasteiger partial charge on any atom is 0.252 e. The number of furan rings is 1. The number of benzene rings is 11. The fourth-order valence-corrected chi connectivity index (χ4v) is 14.1. The number of rotatable bonds is 8. The largest absolute Gasteiger partial charge is 0.486 e. The fraction of sp³-hybridized carbons (Fsp3) is 0.128. The van der Waals surface area contributed by atoms with E-state index in [4.69, 9.17) is 13.9 Å². The lowest BCUT2D eigenvalue weighted by Gasteiger charge is -2.45. The van der Waals surface area contributed by atoms with Gasteiger partial charge in [0.1, 0.15) is 30.2 Å². The predicted molar refractivity (Wildman–Crippen MR) is 353 cm³/mol. The van der Waals surface area contributed by atoms with Gasteiger partial charge in [-0.3, -0.25) is 0 Å². The highest BCUT2D eigenvalue weighted by Gasteiger charge is 2.46. The summed E-state index contributed by atoms with van der Waals surface area (Å²) in [7, 11) is 0. The van der Waals surface area contributed by atoms with Crippen LogP contribution in [0.4, 0.5) is 51.2 Å². The van der Waals surface area contributed by atoms with E-state index < -0.39 is 0 Å². The monoisotopic (exact) mass is 1100 g/mol. The van der Waals surface area contributed by atoms with Crippen molar-refractivity contribution in [1.29, 1.82) is 0 Å². The van der Waals surface area contributed by atoms with Crippen molar-refractivity contribution < 1.29 is 13.9 Å². The van der Waals surface area contributed by atoms with E-state index in [0.717, 1.165) is 113 Å². The van der Waals surface area contributed by atoms with Crippen LogP contribution in [0.3, 0.4) is 0 Å². The molecule has 1 aliphatic carbocycles. The molecule has 0 saturated heterocycles. The molecule has 6 nitrogen and oxygen atoms in total. The third-order valence-corrected chi connectivity index (χ3v) is 18.1. The molecule has 4 aliphatic rings. The zero-order valence-corrected chi connectivity index (χ0v) is 48.7. The molecule has 410 valence electrons. The summed E-state index contributed by atoms with van der Waals surface area (Å²) >= 11 is 0. The summed E-state index contributed by atoms with van der Waals surface area (Å²) in [6.45, 7) is 14.7. The predicted octanol–water partition coefficient (Wildman–Crippen LogP) is 18.7. The van der Waals surface area contributed by atoms with E-state index in [9.17, 15) is 0 Å². The third-order valence-electron chi connectivity index (χ3n) is 18.1. The highest BCUT2D eigenvalue weighted by atomic mass is 16.6.